The van der Waals surface area contributed by atoms with E-state index in [0.717, 1.165) is 23.0 Å². The van der Waals surface area contributed by atoms with E-state index in [9.17, 15) is 4.79 Å². The van der Waals surface area contributed by atoms with E-state index in [0.29, 0.717) is 23.4 Å². The molecule has 3 nitrogen and oxygen atoms in total. The van der Waals surface area contributed by atoms with Crippen LogP contribution in [0.2, 0.25) is 0 Å². The van der Waals surface area contributed by atoms with Crippen LogP contribution in [0.1, 0.15) is 27.0 Å². The van der Waals surface area contributed by atoms with Crippen molar-refractivity contribution in [3.05, 3.63) is 58.7 Å². The van der Waals surface area contributed by atoms with Crippen LogP contribution in [0, 0.1) is 6.92 Å². The molecule has 2 aromatic carbocycles. The molecular formula is C15H16N2O. The molecule has 0 radical (unpaired) electrons. The third-order valence-corrected chi connectivity index (χ3v) is 2.96. The summed E-state index contributed by atoms with van der Waals surface area (Å²) in [5, 5.41) is 0. The number of nitrogen functional groups attached to an aromatic ring is 2. The second-order valence-corrected chi connectivity index (χ2v) is 4.46. The van der Waals surface area contributed by atoms with Gasteiger partial charge in [-0.25, -0.2) is 0 Å². The van der Waals surface area contributed by atoms with Crippen LogP contribution in [0.5, 0.6) is 0 Å². The lowest BCUT2D eigenvalue weighted by molar-refractivity contribution is 0.112. The van der Waals surface area contributed by atoms with Crippen molar-refractivity contribution in [1.29, 1.82) is 0 Å². The Morgan fingerprint density at radius 3 is 2.11 bits per heavy atom. The maximum Gasteiger partial charge on any atom is 0.150 e. The highest BCUT2D eigenvalue weighted by atomic mass is 16.1. The molecule has 3 heteroatoms. The molecule has 0 aliphatic carbocycles. The number of hydrogen-bond acceptors (Lipinski definition) is 3. The molecule has 0 spiro atoms. The van der Waals surface area contributed by atoms with Gasteiger partial charge in [0.1, 0.15) is 6.29 Å². The minimum atomic E-state index is 0.670. The Labute approximate surface area is 106 Å². The van der Waals surface area contributed by atoms with Crippen molar-refractivity contribution < 1.29 is 4.79 Å². The molecule has 0 saturated heterocycles. The highest BCUT2D eigenvalue weighted by molar-refractivity contribution is 5.74. The Balaban J connectivity index is 2.30. The van der Waals surface area contributed by atoms with Gasteiger partial charge in [0.05, 0.1) is 0 Å². The van der Waals surface area contributed by atoms with Gasteiger partial charge in [0.15, 0.2) is 0 Å². The highest BCUT2D eigenvalue weighted by Gasteiger charge is 2.06. The van der Waals surface area contributed by atoms with Crippen LogP contribution in [-0.4, -0.2) is 6.29 Å². The second-order valence-electron chi connectivity index (χ2n) is 4.46. The number of aldehydes is 1. The minimum absolute atomic E-state index is 0.670. The first-order valence-electron chi connectivity index (χ1n) is 5.78. The van der Waals surface area contributed by atoms with Crippen molar-refractivity contribution in [2.24, 2.45) is 0 Å². The largest absolute Gasteiger partial charge is 0.398 e. The van der Waals surface area contributed by atoms with E-state index in [4.69, 9.17) is 11.5 Å². The van der Waals surface area contributed by atoms with Gasteiger partial charge in [-0.1, -0.05) is 24.3 Å². The fourth-order valence-corrected chi connectivity index (χ4v) is 2.00. The first-order chi connectivity index (χ1) is 8.60. The molecule has 0 aliphatic heterocycles. The van der Waals surface area contributed by atoms with Crippen LogP contribution in [0.3, 0.4) is 0 Å². The first kappa shape index (κ1) is 12.2. The lowest BCUT2D eigenvalue weighted by atomic mass is 9.99. The van der Waals surface area contributed by atoms with Gasteiger partial charge in [-0.15, -0.1) is 0 Å². The highest BCUT2D eigenvalue weighted by Crippen LogP contribution is 2.24. The van der Waals surface area contributed by atoms with E-state index < -0.39 is 0 Å². The third kappa shape index (κ3) is 2.51. The van der Waals surface area contributed by atoms with Crippen LogP contribution >= 0.6 is 0 Å². The van der Waals surface area contributed by atoms with Gasteiger partial charge in [-0.05, 0) is 30.2 Å². The maximum atomic E-state index is 10.6. The zero-order valence-electron chi connectivity index (χ0n) is 10.3. The van der Waals surface area contributed by atoms with E-state index in [1.807, 2.05) is 31.2 Å². The lowest BCUT2D eigenvalue weighted by Crippen LogP contribution is -2.02. The number of rotatable bonds is 3. The fraction of sp³-hybridized carbons (Fsp3) is 0.133. The number of anilines is 2. The van der Waals surface area contributed by atoms with Crippen LogP contribution in [0.4, 0.5) is 11.4 Å². The predicted octanol–water partition coefficient (Wildman–Crippen LogP) is 2.56. The predicted molar refractivity (Wildman–Crippen MR) is 74.6 cm³/mol. The summed E-state index contributed by atoms with van der Waals surface area (Å²) in [5.41, 5.74) is 17.2. The Bertz CT molecular complexity index is 551. The van der Waals surface area contributed by atoms with Gasteiger partial charge in [-0.3, -0.25) is 4.79 Å². The van der Waals surface area contributed by atoms with Gasteiger partial charge in [0, 0.05) is 28.9 Å². The van der Waals surface area contributed by atoms with Gasteiger partial charge in [0.2, 0.25) is 0 Å². The van der Waals surface area contributed by atoms with E-state index in [-0.39, 0.29) is 0 Å². The molecule has 0 fully saturated rings. The van der Waals surface area contributed by atoms with E-state index in [1.165, 1.54) is 0 Å². The number of nitrogens with two attached hydrogens (primary N) is 2. The van der Waals surface area contributed by atoms with Crippen LogP contribution in [0.25, 0.3) is 0 Å². The molecule has 0 heterocycles. The third-order valence-electron chi connectivity index (χ3n) is 2.96. The molecule has 0 aliphatic rings. The SMILES string of the molecule is Cc1cc(N)c(Cc2ccc(C=O)cc2)c(N)c1. The summed E-state index contributed by atoms with van der Waals surface area (Å²) in [6.07, 6.45) is 1.51. The minimum Gasteiger partial charge on any atom is -0.398 e. The summed E-state index contributed by atoms with van der Waals surface area (Å²) >= 11 is 0. The molecule has 2 rings (SSSR count). The molecule has 0 atom stereocenters. The van der Waals surface area contributed by atoms with Crippen LogP contribution < -0.4 is 11.5 Å². The number of aryl methyl sites for hydroxylation is 1. The fourth-order valence-electron chi connectivity index (χ4n) is 2.00. The number of carbonyl (C=O) groups excluding carboxylic acids is 1. The Kier molecular flexibility index (Phi) is 3.33. The van der Waals surface area contributed by atoms with Crippen molar-refractivity contribution in [2.75, 3.05) is 11.5 Å². The second kappa shape index (κ2) is 4.92. The maximum absolute atomic E-state index is 10.6. The van der Waals surface area contributed by atoms with Gasteiger partial charge < -0.3 is 11.5 Å². The molecule has 92 valence electrons. The molecule has 18 heavy (non-hydrogen) atoms. The summed E-state index contributed by atoms with van der Waals surface area (Å²) < 4.78 is 0. The Morgan fingerprint density at radius 2 is 1.61 bits per heavy atom. The van der Waals surface area contributed by atoms with Crippen molar-refractivity contribution in [2.45, 2.75) is 13.3 Å². The van der Waals surface area contributed by atoms with E-state index >= 15 is 0 Å². The smallest absolute Gasteiger partial charge is 0.150 e. The number of hydrogen-bond donors (Lipinski definition) is 2. The number of carbonyl (C=O) groups is 1. The normalized spacial score (nSPS) is 10.3. The van der Waals surface area contributed by atoms with E-state index in [2.05, 4.69) is 0 Å². The Hall–Kier alpha value is -2.29. The van der Waals surface area contributed by atoms with E-state index in [1.54, 1.807) is 12.1 Å². The molecule has 0 aromatic heterocycles. The first-order valence-corrected chi connectivity index (χ1v) is 5.78. The molecule has 2 aromatic rings. The van der Waals surface area contributed by atoms with Gasteiger partial charge in [0.25, 0.3) is 0 Å². The van der Waals surface area contributed by atoms with Crippen molar-refractivity contribution in [3.63, 3.8) is 0 Å². The quantitative estimate of drug-likeness (QED) is 0.640. The molecule has 0 bridgehead atoms. The molecule has 4 N–H and O–H groups in total. The Morgan fingerprint density at radius 1 is 1.06 bits per heavy atom. The number of benzene rings is 2. The van der Waals surface area contributed by atoms with Crippen molar-refractivity contribution >= 4 is 17.7 Å². The summed E-state index contributed by atoms with van der Waals surface area (Å²) in [6, 6.07) is 11.3. The standard InChI is InChI=1S/C15H16N2O/c1-10-6-14(16)13(15(17)7-10)8-11-2-4-12(9-18)5-3-11/h2-7,9H,8,16-17H2,1H3. The average Bonchev–Trinajstić information content (AvgIpc) is 2.34. The monoisotopic (exact) mass is 240 g/mol. The molecule has 0 amide bonds. The average molecular weight is 240 g/mol. The molecule has 0 saturated carbocycles. The summed E-state index contributed by atoms with van der Waals surface area (Å²) in [4.78, 5) is 10.6. The lowest BCUT2D eigenvalue weighted by Gasteiger charge is -2.11. The van der Waals surface area contributed by atoms with Crippen molar-refractivity contribution in [1.82, 2.24) is 0 Å². The topological polar surface area (TPSA) is 69.1 Å². The van der Waals surface area contributed by atoms with Gasteiger partial charge in [-0.2, -0.15) is 0 Å². The summed E-state index contributed by atoms with van der Waals surface area (Å²) in [5.74, 6) is 0. The summed E-state index contributed by atoms with van der Waals surface area (Å²) in [6.45, 7) is 1.97. The van der Waals surface area contributed by atoms with Crippen molar-refractivity contribution in [3.8, 4) is 0 Å². The molecule has 0 unspecified atom stereocenters. The zero-order valence-corrected chi connectivity index (χ0v) is 10.3. The van der Waals surface area contributed by atoms with Crippen LogP contribution in [-0.2, 0) is 6.42 Å². The summed E-state index contributed by atoms with van der Waals surface area (Å²) in [7, 11) is 0. The van der Waals surface area contributed by atoms with Gasteiger partial charge >= 0.3 is 0 Å². The van der Waals surface area contributed by atoms with Crippen LogP contribution in [0.15, 0.2) is 36.4 Å². The molecular weight excluding hydrogens is 224 g/mol. The zero-order chi connectivity index (χ0) is 13.1.